The Kier molecular flexibility index (Phi) is 5.51. The normalized spacial score (nSPS) is 10.9. The van der Waals surface area contributed by atoms with Crippen molar-refractivity contribution in [1.29, 1.82) is 0 Å². The molecule has 0 aliphatic heterocycles. The first-order valence-electron chi connectivity index (χ1n) is 8.89. The van der Waals surface area contributed by atoms with Crippen LogP contribution in [0.15, 0.2) is 42.6 Å². The Morgan fingerprint density at radius 3 is 2.62 bits per heavy atom. The number of nitrogens with zero attached hydrogens (tertiary/aromatic N) is 4. The van der Waals surface area contributed by atoms with E-state index in [-0.39, 0.29) is 5.91 Å². The second-order valence-electron chi connectivity index (χ2n) is 6.59. The molecule has 6 heteroatoms. The van der Waals surface area contributed by atoms with E-state index in [1.54, 1.807) is 6.20 Å². The Morgan fingerprint density at radius 2 is 1.92 bits per heavy atom. The van der Waals surface area contributed by atoms with Gasteiger partial charge in [0.2, 0.25) is 0 Å². The van der Waals surface area contributed by atoms with Crippen molar-refractivity contribution in [1.82, 2.24) is 24.9 Å². The first kappa shape index (κ1) is 17.9. The highest BCUT2D eigenvalue weighted by atomic mass is 16.1. The maximum Gasteiger partial charge on any atom is 0.251 e. The molecule has 6 nitrogen and oxygen atoms in total. The van der Waals surface area contributed by atoms with Gasteiger partial charge in [-0.2, -0.15) is 10.2 Å². The zero-order valence-corrected chi connectivity index (χ0v) is 15.6. The maximum absolute atomic E-state index is 12.4. The number of hydrogen-bond acceptors (Lipinski definition) is 3. The van der Waals surface area contributed by atoms with Gasteiger partial charge in [0.05, 0.1) is 12.2 Å². The van der Waals surface area contributed by atoms with Gasteiger partial charge in [0.25, 0.3) is 5.91 Å². The van der Waals surface area contributed by atoms with Gasteiger partial charge in [-0.15, -0.1) is 0 Å². The van der Waals surface area contributed by atoms with Gasteiger partial charge in [0, 0.05) is 36.2 Å². The molecular formula is C20H25N5O. The lowest BCUT2D eigenvalue weighted by Crippen LogP contribution is -2.25. The SMILES string of the molecule is Cc1cc(C)n(Cc2cccc(C(=O)NCCCn3nccc3C)c2)n1. The third kappa shape index (κ3) is 4.39. The Bertz CT molecular complexity index is 893. The summed E-state index contributed by atoms with van der Waals surface area (Å²) in [6.07, 6.45) is 2.64. The molecule has 0 radical (unpaired) electrons. The predicted octanol–water partition coefficient (Wildman–Crippen LogP) is 2.87. The fourth-order valence-corrected chi connectivity index (χ4v) is 2.98. The zero-order chi connectivity index (χ0) is 18.5. The Morgan fingerprint density at radius 1 is 1.08 bits per heavy atom. The molecule has 0 spiro atoms. The van der Waals surface area contributed by atoms with Gasteiger partial charge < -0.3 is 5.32 Å². The number of rotatable bonds is 7. The molecule has 3 aromatic rings. The van der Waals surface area contributed by atoms with Crippen molar-refractivity contribution >= 4 is 5.91 Å². The summed E-state index contributed by atoms with van der Waals surface area (Å²) in [6, 6.07) is 11.8. The van der Waals surface area contributed by atoms with Crippen LogP contribution >= 0.6 is 0 Å². The van der Waals surface area contributed by atoms with E-state index in [1.165, 1.54) is 0 Å². The lowest BCUT2D eigenvalue weighted by Gasteiger charge is -2.09. The molecule has 0 aliphatic carbocycles. The second kappa shape index (κ2) is 7.99. The van der Waals surface area contributed by atoms with Crippen LogP contribution in [0.2, 0.25) is 0 Å². The van der Waals surface area contributed by atoms with E-state index in [0.29, 0.717) is 18.7 Å². The highest BCUT2D eigenvalue weighted by molar-refractivity contribution is 5.94. The van der Waals surface area contributed by atoms with Crippen LogP contribution in [0.3, 0.4) is 0 Å². The van der Waals surface area contributed by atoms with E-state index in [2.05, 4.69) is 21.6 Å². The van der Waals surface area contributed by atoms with Crippen molar-refractivity contribution in [2.45, 2.75) is 40.3 Å². The molecule has 3 rings (SSSR count). The van der Waals surface area contributed by atoms with E-state index in [0.717, 1.165) is 35.6 Å². The lowest BCUT2D eigenvalue weighted by molar-refractivity contribution is 0.0952. The van der Waals surface area contributed by atoms with Crippen LogP contribution in [0, 0.1) is 20.8 Å². The number of aryl methyl sites for hydroxylation is 4. The summed E-state index contributed by atoms with van der Waals surface area (Å²) in [6.45, 7) is 8.14. The van der Waals surface area contributed by atoms with Crippen molar-refractivity contribution in [2.24, 2.45) is 0 Å². The molecule has 0 saturated carbocycles. The van der Waals surface area contributed by atoms with Gasteiger partial charge in [-0.1, -0.05) is 12.1 Å². The summed E-state index contributed by atoms with van der Waals surface area (Å²) in [4.78, 5) is 12.4. The predicted molar refractivity (Wildman–Crippen MR) is 101 cm³/mol. The minimum absolute atomic E-state index is 0.0441. The second-order valence-corrected chi connectivity index (χ2v) is 6.59. The van der Waals surface area contributed by atoms with Gasteiger partial charge in [0.1, 0.15) is 0 Å². The Hall–Kier alpha value is -2.89. The van der Waals surface area contributed by atoms with Gasteiger partial charge >= 0.3 is 0 Å². The third-order valence-electron chi connectivity index (χ3n) is 4.39. The average molecular weight is 351 g/mol. The number of amides is 1. The minimum Gasteiger partial charge on any atom is -0.352 e. The van der Waals surface area contributed by atoms with Gasteiger partial charge in [-0.3, -0.25) is 14.2 Å². The van der Waals surface area contributed by atoms with Gasteiger partial charge in [-0.05, 0) is 57.0 Å². The van der Waals surface area contributed by atoms with Crippen molar-refractivity contribution in [2.75, 3.05) is 6.54 Å². The first-order chi connectivity index (χ1) is 12.5. The minimum atomic E-state index is -0.0441. The molecule has 0 saturated heterocycles. The molecule has 2 heterocycles. The molecule has 0 aliphatic rings. The van der Waals surface area contributed by atoms with Crippen LogP contribution in [-0.4, -0.2) is 32.0 Å². The van der Waals surface area contributed by atoms with Gasteiger partial charge in [0.15, 0.2) is 0 Å². The smallest absolute Gasteiger partial charge is 0.251 e. The molecule has 0 fully saturated rings. The van der Waals surface area contributed by atoms with E-state index < -0.39 is 0 Å². The average Bonchev–Trinajstić information content (AvgIpc) is 3.16. The summed E-state index contributed by atoms with van der Waals surface area (Å²) < 4.78 is 3.90. The fraction of sp³-hybridized carbons (Fsp3) is 0.350. The lowest BCUT2D eigenvalue weighted by atomic mass is 10.1. The number of hydrogen-bond donors (Lipinski definition) is 1. The Balaban J connectivity index is 1.54. The first-order valence-corrected chi connectivity index (χ1v) is 8.89. The largest absolute Gasteiger partial charge is 0.352 e. The van der Waals surface area contributed by atoms with Crippen LogP contribution in [0.4, 0.5) is 0 Å². The van der Waals surface area contributed by atoms with Crippen molar-refractivity contribution in [3.05, 3.63) is 70.8 Å². The molecule has 2 aromatic heterocycles. The molecule has 0 atom stereocenters. The van der Waals surface area contributed by atoms with E-state index >= 15 is 0 Å². The van der Waals surface area contributed by atoms with Crippen LogP contribution in [0.1, 0.15) is 39.4 Å². The molecule has 0 unspecified atom stereocenters. The number of carbonyl (C=O) groups is 1. The quantitative estimate of drug-likeness (QED) is 0.666. The highest BCUT2D eigenvalue weighted by Gasteiger charge is 2.08. The molecular weight excluding hydrogens is 326 g/mol. The zero-order valence-electron chi connectivity index (χ0n) is 15.6. The molecule has 1 N–H and O–H groups in total. The third-order valence-corrected chi connectivity index (χ3v) is 4.39. The summed E-state index contributed by atoms with van der Waals surface area (Å²) in [5.74, 6) is -0.0441. The highest BCUT2D eigenvalue weighted by Crippen LogP contribution is 2.10. The van der Waals surface area contributed by atoms with Crippen LogP contribution in [0.25, 0.3) is 0 Å². The van der Waals surface area contributed by atoms with Crippen molar-refractivity contribution < 1.29 is 4.79 Å². The van der Waals surface area contributed by atoms with Crippen LogP contribution in [-0.2, 0) is 13.1 Å². The van der Waals surface area contributed by atoms with Crippen LogP contribution in [0.5, 0.6) is 0 Å². The number of aromatic nitrogens is 4. The molecule has 136 valence electrons. The van der Waals surface area contributed by atoms with Gasteiger partial charge in [-0.25, -0.2) is 0 Å². The summed E-state index contributed by atoms with van der Waals surface area (Å²) >= 11 is 0. The summed E-state index contributed by atoms with van der Waals surface area (Å²) in [5.41, 5.74) is 5.00. The summed E-state index contributed by atoms with van der Waals surface area (Å²) in [7, 11) is 0. The van der Waals surface area contributed by atoms with E-state index in [9.17, 15) is 4.79 Å². The molecule has 1 aromatic carbocycles. The van der Waals surface area contributed by atoms with Crippen molar-refractivity contribution in [3.63, 3.8) is 0 Å². The molecule has 26 heavy (non-hydrogen) atoms. The monoisotopic (exact) mass is 351 g/mol. The van der Waals surface area contributed by atoms with Crippen LogP contribution < -0.4 is 5.32 Å². The topological polar surface area (TPSA) is 64.7 Å². The standard InChI is InChI=1S/C20H25N5O/c1-15-12-17(3)25(23-15)14-18-6-4-7-19(13-18)20(26)21-9-5-11-24-16(2)8-10-22-24/h4,6-8,10,12-13H,5,9,11,14H2,1-3H3,(H,21,26). The maximum atomic E-state index is 12.4. The van der Waals surface area contributed by atoms with E-state index in [1.807, 2.05) is 60.5 Å². The molecule has 1 amide bonds. The Labute approximate surface area is 153 Å². The summed E-state index contributed by atoms with van der Waals surface area (Å²) in [5, 5.41) is 11.7. The number of nitrogens with one attached hydrogen (secondary N) is 1. The number of carbonyl (C=O) groups excluding carboxylic acids is 1. The number of benzene rings is 1. The van der Waals surface area contributed by atoms with E-state index in [4.69, 9.17) is 0 Å². The fourth-order valence-electron chi connectivity index (χ4n) is 2.98. The van der Waals surface area contributed by atoms with Crippen molar-refractivity contribution in [3.8, 4) is 0 Å². The molecule has 0 bridgehead atoms.